The smallest absolute Gasteiger partial charge is 0.225 e. The van der Waals surface area contributed by atoms with Crippen LogP contribution in [0.1, 0.15) is 51.8 Å². The SMILES string of the molecule is CC(C)(C)C(=O)NC(c1ccccn1)C1CCCN(CC2CCOC2)C1. The Kier molecular flexibility index (Phi) is 6.30. The zero-order chi connectivity index (χ0) is 18.6. The number of nitrogens with one attached hydrogen (secondary N) is 1. The molecule has 2 aliphatic heterocycles. The molecule has 1 N–H and O–H groups in total. The van der Waals surface area contributed by atoms with Gasteiger partial charge in [-0.3, -0.25) is 9.78 Å². The van der Waals surface area contributed by atoms with Gasteiger partial charge in [-0.05, 0) is 49.8 Å². The molecule has 0 radical (unpaired) electrons. The van der Waals surface area contributed by atoms with Crippen molar-refractivity contribution in [1.29, 1.82) is 0 Å². The van der Waals surface area contributed by atoms with E-state index in [4.69, 9.17) is 4.74 Å². The molecule has 0 bridgehead atoms. The van der Waals surface area contributed by atoms with E-state index in [1.165, 1.54) is 12.8 Å². The molecule has 5 heteroatoms. The third-order valence-electron chi connectivity index (χ3n) is 5.53. The lowest BCUT2D eigenvalue weighted by molar-refractivity contribution is -0.130. The number of carbonyl (C=O) groups excluding carboxylic acids is 1. The van der Waals surface area contributed by atoms with Crippen molar-refractivity contribution in [3.8, 4) is 0 Å². The summed E-state index contributed by atoms with van der Waals surface area (Å²) in [4.78, 5) is 19.8. The van der Waals surface area contributed by atoms with Crippen LogP contribution in [0.2, 0.25) is 0 Å². The lowest BCUT2D eigenvalue weighted by Gasteiger charge is -2.38. The van der Waals surface area contributed by atoms with E-state index in [0.29, 0.717) is 11.8 Å². The predicted molar refractivity (Wildman–Crippen MR) is 103 cm³/mol. The van der Waals surface area contributed by atoms with Gasteiger partial charge in [0.2, 0.25) is 5.91 Å². The maximum absolute atomic E-state index is 12.7. The zero-order valence-electron chi connectivity index (χ0n) is 16.4. The molecule has 1 aromatic heterocycles. The summed E-state index contributed by atoms with van der Waals surface area (Å²) in [5, 5.41) is 3.30. The van der Waals surface area contributed by atoms with Crippen LogP contribution in [0.5, 0.6) is 0 Å². The van der Waals surface area contributed by atoms with Gasteiger partial charge in [0.05, 0.1) is 18.3 Å². The highest BCUT2D eigenvalue weighted by Gasteiger charge is 2.33. The van der Waals surface area contributed by atoms with E-state index in [0.717, 1.165) is 45.0 Å². The largest absolute Gasteiger partial charge is 0.381 e. The van der Waals surface area contributed by atoms with Crippen LogP contribution in [-0.4, -0.2) is 48.6 Å². The van der Waals surface area contributed by atoms with Gasteiger partial charge in [0, 0.05) is 31.3 Å². The number of nitrogens with zero attached hydrogens (tertiary/aromatic N) is 2. The van der Waals surface area contributed by atoms with Crippen LogP contribution in [0.25, 0.3) is 0 Å². The zero-order valence-corrected chi connectivity index (χ0v) is 16.4. The van der Waals surface area contributed by atoms with Gasteiger partial charge in [-0.15, -0.1) is 0 Å². The molecule has 0 saturated carbocycles. The number of piperidine rings is 1. The van der Waals surface area contributed by atoms with Crippen molar-refractivity contribution in [1.82, 2.24) is 15.2 Å². The van der Waals surface area contributed by atoms with Crippen molar-refractivity contribution in [2.24, 2.45) is 17.3 Å². The first-order valence-electron chi connectivity index (χ1n) is 9.95. The standard InChI is InChI=1S/C21H33N3O2/c1-21(2,3)20(25)23-19(18-8-4-5-10-22-18)17-7-6-11-24(14-17)13-16-9-12-26-15-16/h4-5,8,10,16-17,19H,6-7,9,11-15H2,1-3H3,(H,23,25). The monoisotopic (exact) mass is 359 g/mol. The third-order valence-corrected chi connectivity index (χ3v) is 5.53. The van der Waals surface area contributed by atoms with Crippen molar-refractivity contribution in [3.63, 3.8) is 0 Å². The van der Waals surface area contributed by atoms with E-state index in [9.17, 15) is 4.79 Å². The number of likely N-dealkylation sites (tertiary alicyclic amines) is 1. The lowest BCUT2D eigenvalue weighted by Crippen LogP contribution is -2.46. The van der Waals surface area contributed by atoms with Gasteiger partial charge in [-0.2, -0.15) is 0 Å². The summed E-state index contributed by atoms with van der Waals surface area (Å²) in [5.41, 5.74) is 0.573. The molecular formula is C21H33N3O2. The van der Waals surface area contributed by atoms with E-state index in [-0.39, 0.29) is 11.9 Å². The molecule has 0 aromatic carbocycles. The lowest BCUT2D eigenvalue weighted by atomic mass is 9.86. The summed E-state index contributed by atoms with van der Waals surface area (Å²) >= 11 is 0. The highest BCUT2D eigenvalue weighted by molar-refractivity contribution is 5.81. The molecule has 3 atom stereocenters. The first-order valence-corrected chi connectivity index (χ1v) is 9.95. The number of amides is 1. The number of hydrogen-bond acceptors (Lipinski definition) is 4. The summed E-state index contributed by atoms with van der Waals surface area (Å²) < 4.78 is 5.54. The first kappa shape index (κ1) is 19.3. The number of hydrogen-bond donors (Lipinski definition) is 1. The van der Waals surface area contributed by atoms with Crippen molar-refractivity contribution in [3.05, 3.63) is 30.1 Å². The number of aromatic nitrogens is 1. The highest BCUT2D eigenvalue weighted by Crippen LogP contribution is 2.31. The molecule has 2 fully saturated rings. The molecule has 0 aliphatic carbocycles. The minimum Gasteiger partial charge on any atom is -0.381 e. The molecular weight excluding hydrogens is 326 g/mol. The van der Waals surface area contributed by atoms with E-state index < -0.39 is 5.41 Å². The predicted octanol–water partition coefficient (Wildman–Crippen LogP) is 3.03. The van der Waals surface area contributed by atoms with Crippen LogP contribution >= 0.6 is 0 Å². The van der Waals surface area contributed by atoms with E-state index in [1.807, 2.05) is 45.2 Å². The van der Waals surface area contributed by atoms with Gasteiger partial charge < -0.3 is 15.0 Å². The minimum absolute atomic E-state index is 0.0226. The molecule has 1 amide bonds. The molecule has 3 rings (SSSR count). The molecule has 26 heavy (non-hydrogen) atoms. The van der Waals surface area contributed by atoms with Crippen LogP contribution < -0.4 is 5.32 Å². The first-order chi connectivity index (χ1) is 12.4. The Balaban J connectivity index is 1.71. The Morgan fingerprint density at radius 2 is 2.23 bits per heavy atom. The second-order valence-corrected chi connectivity index (χ2v) is 8.85. The van der Waals surface area contributed by atoms with E-state index >= 15 is 0 Å². The van der Waals surface area contributed by atoms with Crippen molar-refractivity contribution >= 4 is 5.91 Å². The molecule has 144 valence electrons. The minimum atomic E-state index is -0.400. The summed E-state index contributed by atoms with van der Waals surface area (Å²) in [7, 11) is 0. The normalized spacial score (nSPS) is 25.8. The molecule has 1 aromatic rings. The average molecular weight is 360 g/mol. The summed E-state index contributed by atoms with van der Waals surface area (Å²) in [6.45, 7) is 11.0. The number of rotatable bonds is 5. The number of pyridine rings is 1. The average Bonchev–Trinajstić information content (AvgIpc) is 3.12. The van der Waals surface area contributed by atoms with Gasteiger partial charge in [0.15, 0.2) is 0 Å². The third kappa shape index (κ3) is 5.04. The molecule has 2 saturated heterocycles. The summed E-state index contributed by atoms with van der Waals surface area (Å²) in [6.07, 6.45) is 5.30. The van der Waals surface area contributed by atoms with Crippen molar-refractivity contribution in [2.75, 3.05) is 32.8 Å². The fraction of sp³-hybridized carbons (Fsp3) is 0.714. The topological polar surface area (TPSA) is 54.5 Å². The number of ether oxygens (including phenoxy) is 1. The molecule has 0 spiro atoms. The maximum atomic E-state index is 12.7. The quantitative estimate of drug-likeness (QED) is 0.878. The van der Waals surface area contributed by atoms with Crippen LogP contribution in [-0.2, 0) is 9.53 Å². The van der Waals surface area contributed by atoms with Gasteiger partial charge in [0.1, 0.15) is 0 Å². The Bertz CT molecular complexity index is 579. The van der Waals surface area contributed by atoms with E-state index in [1.54, 1.807) is 0 Å². The second kappa shape index (κ2) is 8.49. The fourth-order valence-corrected chi connectivity index (χ4v) is 3.97. The maximum Gasteiger partial charge on any atom is 0.225 e. The molecule has 3 heterocycles. The summed E-state index contributed by atoms with van der Waals surface area (Å²) in [5.74, 6) is 1.15. The highest BCUT2D eigenvalue weighted by atomic mass is 16.5. The Labute approximate surface area is 157 Å². The van der Waals surface area contributed by atoms with Gasteiger partial charge in [-0.25, -0.2) is 0 Å². The van der Waals surface area contributed by atoms with Gasteiger partial charge in [0.25, 0.3) is 0 Å². The second-order valence-electron chi connectivity index (χ2n) is 8.85. The number of carbonyl (C=O) groups is 1. The molecule has 2 aliphatic rings. The molecule has 3 unspecified atom stereocenters. The van der Waals surface area contributed by atoms with E-state index in [2.05, 4.69) is 15.2 Å². The van der Waals surface area contributed by atoms with Crippen LogP contribution in [0.15, 0.2) is 24.4 Å². The van der Waals surface area contributed by atoms with Crippen LogP contribution in [0.4, 0.5) is 0 Å². The summed E-state index contributed by atoms with van der Waals surface area (Å²) in [6, 6.07) is 5.96. The molecule has 5 nitrogen and oxygen atoms in total. The van der Waals surface area contributed by atoms with Gasteiger partial charge in [-0.1, -0.05) is 26.8 Å². The van der Waals surface area contributed by atoms with Crippen LogP contribution in [0.3, 0.4) is 0 Å². The fourth-order valence-electron chi connectivity index (χ4n) is 3.97. The van der Waals surface area contributed by atoms with Crippen molar-refractivity contribution in [2.45, 2.75) is 46.1 Å². The van der Waals surface area contributed by atoms with Crippen molar-refractivity contribution < 1.29 is 9.53 Å². The Morgan fingerprint density at radius 1 is 1.38 bits per heavy atom. The Morgan fingerprint density at radius 3 is 2.88 bits per heavy atom. The van der Waals surface area contributed by atoms with Crippen LogP contribution in [0, 0.1) is 17.3 Å². The Hall–Kier alpha value is -1.46. The van der Waals surface area contributed by atoms with Gasteiger partial charge >= 0.3 is 0 Å².